The Morgan fingerprint density at radius 1 is 0.280 bits per heavy atom. The number of carboxylic acid groups (broad SMARTS) is 5. The SMILES string of the molecule is C=CCc1c(C)nc(-c2ccc(C)s2)nc1Nc1ccc(CC(=O)O)cc1.C=CCc1c(CC)nc(-c2ccc(C)s2)nc1Nc1ccc(CC(=O)O)cc1.CCc1c(C)nc(-c2ccc(C)s2)nc1Nc1ccc(C(=O)O)cc1.CCc1c(C)nc(-c2ccc(C)s2)nc1Nc1ccc(CC(=O)O)cc1.CCc1nc(-c2ccc(C)s2)nc(Nc2ccc(C(=O)O)cc2)c1CC. The summed E-state index contributed by atoms with van der Waals surface area (Å²) < 4.78 is 0. The van der Waals surface area contributed by atoms with Gasteiger partial charge in [-0.2, -0.15) is 0 Å². The number of benzene rings is 5. The summed E-state index contributed by atoms with van der Waals surface area (Å²) in [5.74, 6) is 3.03. The summed E-state index contributed by atoms with van der Waals surface area (Å²) in [6.45, 7) is 34.4. The fourth-order valence-electron chi connectivity index (χ4n) is 14.0. The van der Waals surface area contributed by atoms with Crippen molar-refractivity contribution in [2.45, 2.75) is 154 Å². The monoisotopic (exact) mass is 1860 g/mol. The van der Waals surface area contributed by atoms with Crippen LogP contribution in [0.5, 0.6) is 0 Å². The summed E-state index contributed by atoms with van der Waals surface area (Å²) in [6, 6.07) is 56.0. The van der Waals surface area contributed by atoms with Crippen molar-refractivity contribution >= 4 is 144 Å². The maximum atomic E-state index is 11.0. The van der Waals surface area contributed by atoms with E-state index in [1.165, 1.54) is 24.4 Å². The van der Waals surface area contributed by atoms with Crippen LogP contribution < -0.4 is 26.6 Å². The molecule has 10 N–H and O–H groups in total. The number of nitrogens with one attached hydrogen (secondary N) is 5. The molecular formula is C102H105N15O10S5. The summed E-state index contributed by atoms with van der Waals surface area (Å²) in [5.41, 5.74) is 17.1. The molecule has 10 aromatic heterocycles. The maximum absolute atomic E-state index is 11.0. The number of aliphatic carboxylic acids is 3. The molecule has 5 aromatic carbocycles. The van der Waals surface area contributed by atoms with E-state index in [2.05, 4.69) is 154 Å². The Bertz CT molecular complexity index is 6580. The molecule has 0 saturated heterocycles. The average molecular weight is 1860 g/mol. The molecule has 0 atom stereocenters. The van der Waals surface area contributed by atoms with E-state index in [1.54, 1.807) is 117 Å². The zero-order valence-corrected chi connectivity index (χ0v) is 79.8. The molecule has 678 valence electrons. The molecule has 0 amide bonds. The Morgan fingerprint density at radius 3 is 0.742 bits per heavy atom. The van der Waals surface area contributed by atoms with Crippen LogP contribution in [0.3, 0.4) is 0 Å². The lowest BCUT2D eigenvalue weighted by atomic mass is 10.1. The Hall–Kier alpha value is -14.2. The molecule has 0 saturated carbocycles. The number of thiophene rings is 5. The molecule has 0 aliphatic heterocycles. The first kappa shape index (κ1) is 98.4. The van der Waals surface area contributed by atoms with Crippen LogP contribution in [0.1, 0.15) is 153 Å². The number of aromatic nitrogens is 10. The Morgan fingerprint density at radius 2 is 0.508 bits per heavy atom. The smallest absolute Gasteiger partial charge is 0.335 e. The van der Waals surface area contributed by atoms with Gasteiger partial charge in [0.15, 0.2) is 29.1 Å². The molecule has 25 nitrogen and oxygen atoms in total. The third-order valence-corrected chi connectivity index (χ3v) is 25.5. The highest BCUT2D eigenvalue weighted by Gasteiger charge is 2.22. The van der Waals surface area contributed by atoms with Gasteiger partial charge in [-0.25, -0.2) is 59.4 Å². The van der Waals surface area contributed by atoms with Crippen LogP contribution in [0.25, 0.3) is 53.5 Å². The van der Waals surface area contributed by atoms with Gasteiger partial charge in [0.1, 0.15) is 29.1 Å². The molecule has 0 radical (unpaired) electrons. The molecule has 10 heterocycles. The second kappa shape index (κ2) is 46.9. The van der Waals surface area contributed by atoms with Gasteiger partial charge in [0, 0.05) is 109 Å². The molecule has 0 bridgehead atoms. The normalized spacial score (nSPS) is 10.7. The number of hydrogen-bond donors (Lipinski definition) is 10. The van der Waals surface area contributed by atoms with Gasteiger partial charge in [-0.15, -0.1) is 69.8 Å². The zero-order valence-electron chi connectivity index (χ0n) is 75.8. The number of carbonyl (C=O) groups is 5. The third kappa shape index (κ3) is 27.2. The van der Waals surface area contributed by atoms with Gasteiger partial charge < -0.3 is 52.1 Å². The van der Waals surface area contributed by atoms with Crippen LogP contribution in [0.4, 0.5) is 57.5 Å². The van der Waals surface area contributed by atoms with Crippen LogP contribution in [-0.2, 0) is 78.6 Å². The third-order valence-electron chi connectivity index (χ3n) is 20.6. The van der Waals surface area contributed by atoms with E-state index in [1.807, 2.05) is 124 Å². The molecule has 30 heteroatoms. The van der Waals surface area contributed by atoms with Gasteiger partial charge in [-0.3, -0.25) is 14.4 Å². The summed E-state index contributed by atoms with van der Waals surface area (Å²) in [4.78, 5) is 113. The highest BCUT2D eigenvalue weighted by molar-refractivity contribution is 7.16. The molecule has 0 aliphatic rings. The van der Waals surface area contributed by atoms with Crippen LogP contribution in [0.15, 0.2) is 207 Å². The van der Waals surface area contributed by atoms with Crippen molar-refractivity contribution < 1.29 is 49.5 Å². The number of hydrogen-bond acceptors (Lipinski definition) is 25. The van der Waals surface area contributed by atoms with Gasteiger partial charge >= 0.3 is 29.8 Å². The van der Waals surface area contributed by atoms with Crippen molar-refractivity contribution in [1.82, 2.24) is 49.8 Å². The fraction of sp³-hybridized carbons (Fsp3) is 0.225. The molecule has 0 spiro atoms. The molecule has 0 fully saturated rings. The van der Waals surface area contributed by atoms with Crippen LogP contribution in [0, 0.1) is 55.4 Å². The number of nitrogens with zero attached hydrogens (tertiary/aromatic N) is 10. The van der Waals surface area contributed by atoms with E-state index in [4.69, 9.17) is 60.4 Å². The van der Waals surface area contributed by atoms with Gasteiger partial charge in [0.25, 0.3) is 0 Å². The van der Waals surface area contributed by atoms with Gasteiger partial charge in [-0.05, 0) is 263 Å². The van der Waals surface area contributed by atoms with Crippen molar-refractivity contribution in [3.05, 3.63) is 316 Å². The van der Waals surface area contributed by atoms with E-state index >= 15 is 0 Å². The number of aromatic carboxylic acids is 2. The highest BCUT2D eigenvalue weighted by atomic mass is 32.1. The molecule has 132 heavy (non-hydrogen) atoms. The first-order valence-corrected chi connectivity index (χ1v) is 46.9. The fourth-order valence-corrected chi connectivity index (χ4v) is 18.0. The van der Waals surface area contributed by atoms with Crippen molar-refractivity contribution in [1.29, 1.82) is 0 Å². The first-order chi connectivity index (χ1) is 63.4. The lowest BCUT2D eigenvalue weighted by molar-refractivity contribution is -0.137. The predicted octanol–water partition coefficient (Wildman–Crippen LogP) is 24.8. The summed E-state index contributed by atoms with van der Waals surface area (Å²) >= 11 is 8.35. The Labute approximate surface area is 787 Å². The lowest BCUT2D eigenvalue weighted by Gasteiger charge is -2.15. The highest BCUT2D eigenvalue weighted by Crippen LogP contribution is 2.37. The minimum absolute atomic E-state index is 0.0104. The van der Waals surface area contributed by atoms with E-state index in [9.17, 15) is 24.0 Å². The quantitative estimate of drug-likeness (QED) is 0.0175. The molecule has 15 rings (SSSR count). The van der Waals surface area contributed by atoms with Gasteiger partial charge in [0.2, 0.25) is 0 Å². The average Bonchev–Trinajstić information content (AvgIpc) is 1.11. The number of carboxylic acids is 5. The van der Waals surface area contributed by atoms with Crippen molar-refractivity contribution in [3.63, 3.8) is 0 Å². The van der Waals surface area contributed by atoms with Crippen molar-refractivity contribution in [3.8, 4) is 53.5 Å². The summed E-state index contributed by atoms with van der Waals surface area (Å²) in [5, 5.41) is 61.5. The van der Waals surface area contributed by atoms with Crippen LogP contribution in [-0.4, -0.2) is 105 Å². The molecule has 15 aromatic rings. The van der Waals surface area contributed by atoms with E-state index in [-0.39, 0.29) is 30.4 Å². The number of aryl methyl sites for hydroxylation is 10. The standard InChI is InChI=1S/C22H23N3O2S.C21H21N3O2S.2C20H21N3O2S.C19H19N3O2S/c1-4-6-17-18(5-2)24-22(19-12-7-14(3)28-19)25-21(17)23-16-10-8-15(9-11-16)13-20(26)27;1-4-5-17-14(3)22-21(18-11-6-13(2)27-18)24-20(17)23-16-9-7-15(8-10-16)12-19(25)26;1-4-16-13(3)21-20(17-10-5-12(2)26-17)23-19(16)22-15-8-6-14(7-9-15)11-18(24)25;1-4-15-16(5-2)22-19(17-11-6-12(3)26-17)23-18(15)21-14-9-7-13(8-10-14)20(24)25;1-4-15-12(3)20-18(16-10-5-11(2)25-16)22-17(15)21-14-8-6-13(7-9-14)19(23)24/h4,7-12H,1,5-6,13H2,2-3H3,(H,26,27)(H,23,24,25);4,6-11H,1,5,12H2,2-3H3,(H,25,26)(H,22,23,24);5-10H,4,11H2,1-3H3,(H,24,25)(H,21,22,23);6-11H,4-5H2,1-3H3,(H,24,25)(H,21,22,23);5-10H,4H2,1-3H3,(H,23,24)(H,20,21,22). The van der Waals surface area contributed by atoms with Gasteiger partial charge in [0.05, 0.1) is 54.8 Å². The lowest BCUT2D eigenvalue weighted by Crippen LogP contribution is -2.07. The molecule has 0 aliphatic carbocycles. The predicted molar refractivity (Wildman–Crippen MR) is 536 cm³/mol. The number of rotatable bonds is 32. The topological polar surface area (TPSA) is 376 Å². The summed E-state index contributed by atoms with van der Waals surface area (Å²) in [7, 11) is 0. The van der Waals surface area contributed by atoms with Gasteiger partial charge in [-0.1, -0.05) is 83.2 Å². The van der Waals surface area contributed by atoms with E-state index in [0.717, 1.165) is 199 Å². The number of anilines is 10. The number of allylic oxidation sites excluding steroid dienone is 2. The zero-order chi connectivity index (χ0) is 94.8. The first-order valence-electron chi connectivity index (χ1n) is 42.8. The summed E-state index contributed by atoms with van der Waals surface area (Å²) in [6.07, 6.45) is 9.16. The Kier molecular flexibility index (Phi) is 35.0. The minimum Gasteiger partial charge on any atom is -0.481 e. The van der Waals surface area contributed by atoms with E-state index in [0.29, 0.717) is 30.3 Å². The maximum Gasteiger partial charge on any atom is 0.335 e. The van der Waals surface area contributed by atoms with Crippen LogP contribution >= 0.6 is 56.7 Å². The molecular weight excluding hydrogens is 1760 g/mol. The van der Waals surface area contributed by atoms with Crippen molar-refractivity contribution in [2.75, 3.05) is 26.6 Å². The van der Waals surface area contributed by atoms with Crippen molar-refractivity contribution in [2.24, 2.45) is 0 Å². The van der Waals surface area contributed by atoms with Crippen LogP contribution in [0.2, 0.25) is 0 Å². The Balaban J connectivity index is 0.000000159. The van der Waals surface area contributed by atoms with E-state index < -0.39 is 29.8 Å². The largest absolute Gasteiger partial charge is 0.481 e. The minimum atomic E-state index is -0.936. The second-order valence-corrected chi connectivity index (χ2v) is 37.0. The molecule has 0 unspecified atom stereocenters. The second-order valence-electron chi connectivity index (χ2n) is 30.5.